The summed E-state index contributed by atoms with van der Waals surface area (Å²) in [5, 5.41) is 15.3. The second-order valence-corrected chi connectivity index (χ2v) is 6.18. The zero-order valence-corrected chi connectivity index (χ0v) is 14.5. The predicted octanol–water partition coefficient (Wildman–Crippen LogP) is 1.68. The Morgan fingerprint density at radius 1 is 1.15 bits per heavy atom. The first-order chi connectivity index (χ1) is 12.5. The number of rotatable bonds is 7. The van der Waals surface area contributed by atoms with Gasteiger partial charge >= 0.3 is 0 Å². The van der Waals surface area contributed by atoms with Gasteiger partial charge in [-0.25, -0.2) is 0 Å². The molecule has 0 radical (unpaired) electrons. The van der Waals surface area contributed by atoms with Gasteiger partial charge in [-0.2, -0.15) is 0 Å². The Morgan fingerprint density at radius 3 is 2.62 bits per heavy atom. The minimum atomic E-state index is -1.35. The number of carboxylic acid groups (broad SMARTS) is 1. The second-order valence-electron chi connectivity index (χ2n) is 5.75. The van der Waals surface area contributed by atoms with Gasteiger partial charge in [0.2, 0.25) is 0 Å². The highest BCUT2D eigenvalue weighted by Crippen LogP contribution is 2.19. The van der Waals surface area contributed by atoms with Crippen LogP contribution >= 0.6 is 11.6 Å². The van der Waals surface area contributed by atoms with Crippen molar-refractivity contribution in [2.24, 2.45) is 0 Å². The van der Waals surface area contributed by atoms with Gasteiger partial charge in [-0.3, -0.25) is 4.79 Å². The highest BCUT2D eigenvalue weighted by Gasteiger charge is 2.16. The molecule has 0 spiro atoms. The van der Waals surface area contributed by atoms with Crippen molar-refractivity contribution in [1.82, 2.24) is 10.3 Å². The van der Waals surface area contributed by atoms with Crippen LogP contribution in [0.15, 0.2) is 54.7 Å². The molecule has 0 bridgehead atoms. The number of fused-ring (bicyclic) bond motifs is 1. The number of nitrogens with one attached hydrogen (secondary N) is 2. The highest BCUT2D eigenvalue weighted by atomic mass is 35.5. The van der Waals surface area contributed by atoms with E-state index in [0.29, 0.717) is 10.8 Å². The number of carboxylic acids is 1. The first-order valence-corrected chi connectivity index (χ1v) is 8.34. The van der Waals surface area contributed by atoms with Crippen LogP contribution in [0.4, 0.5) is 0 Å². The number of halogens is 1. The van der Waals surface area contributed by atoms with E-state index in [1.165, 1.54) is 0 Å². The van der Waals surface area contributed by atoms with E-state index in [1.807, 2.05) is 24.3 Å². The molecule has 3 rings (SSSR count). The van der Waals surface area contributed by atoms with E-state index >= 15 is 0 Å². The van der Waals surface area contributed by atoms with Crippen LogP contribution in [0.2, 0.25) is 5.02 Å². The first kappa shape index (κ1) is 17.8. The lowest BCUT2D eigenvalue weighted by molar-refractivity contribution is -0.308. The summed E-state index contributed by atoms with van der Waals surface area (Å²) in [6.07, 6.45) is 1.84. The Labute approximate surface area is 154 Å². The number of ether oxygens (including phenoxy) is 1. The number of aromatic amines is 1. The van der Waals surface area contributed by atoms with Crippen molar-refractivity contribution >= 4 is 34.4 Å². The van der Waals surface area contributed by atoms with Crippen molar-refractivity contribution in [3.05, 3.63) is 65.3 Å². The van der Waals surface area contributed by atoms with E-state index in [9.17, 15) is 14.7 Å². The fourth-order valence-corrected chi connectivity index (χ4v) is 2.76. The van der Waals surface area contributed by atoms with Gasteiger partial charge < -0.3 is 24.9 Å². The average Bonchev–Trinajstić information content (AvgIpc) is 3.04. The number of benzene rings is 2. The van der Waals surface area contributed by atoms with E-state index in [2.05, 4.69) is 10.3 Å². The summed E-state index contributed by atoms with van der Waals surface area (Å²) in [6, 6.07) is 12.9. The molecule has 0 aliphatic rings. The van der Waals surface area contributed by atoms with E-state index in [4.69, 9.17) is 16.3 Å². The van der Waals surface area contributed by atoms with Gasteiger partial charge in [0, 0.05) is 28.5 Å². The van der Waals surface area contributed by atoms with Crippen molar-refractivity contribution in [2.45, 2.75) is 12.5 Å². The fourth-order valence-electron chi connectivity index (χ4n) is 2.63. The molecule has 1 heterocycles. The van der Waals surface area contributed by atoms with Gasteiger partial charge in [0.1, 0.15) is 5.75 Å². The largest absolute Gasteiger partial charge is 0.548 e. The number of H-pyrrole nitrogens is 1. The molecule has 0 fully saturated rings. The van der Waals surface area contributed by atoms with Gasteiger partial charge in [0.25, 0.3) is 5.91 Å². The Hall–Kier alpha value is -2.99. The summed E-state index contributed by atoms with van der Waals surface area (Å²) in [5.41, 5.74) is 1.69. The quantitative estimate of drug-likeness (QED) is 0.660. The molecule has 0 saturated carbocycles. The van der Waals surface area contributed by atoms with Gasteiger partial charge in [-0.1, -0.05) is 29.8 Å². The fraction of sp³-hybridized carbons (Fsp3) is 0.158. The van der Waals surface area contributed by atoms with Crippen LogP contribution in [0.3, 0.4) is 0 Å². The van der Waals surface area contributed by atoms with Gasteiger partial charge in [0.05, 0.1) is 12.0 Å². The third-order valence-corrected chi connectivity index (χ3v) is 4.15. The van der Waals surface area contributed by atoms with Crippen molar-refractivity contribution in [2.75, 3.05) is 6.61 Å². The van der Waals surface area contributed by atoms with Crippen molar-refractivity contribution < 1.29 is 19.4 Å². The maximum Gasteiger partial charge on any atom is 0.258 e. The predicted molar refractivity (Wildman–Crippen MR) is 95.9 cm³/mol. The van der Waals surface area contributed by atoms with Gasteiger partial charge in [0.15, 0.2) is 6.61 Å². The molecule has 0 aliphatic heterocycles. The summed E-state index contributed by atoms with van der Waals surface area (Å²) in [6.45, 7) is -0.306. The Bertz CT molecular complexity index is 921. The summed E-state index contributed by atoms with van der Waals surface area (Å²) >= 11 is 5.78. The molecule has 0 saturated heterocycles. The van der Waals surface area contributed by atoms with Gasteiger partial charge in [-0.15, -0.1) is 0 Å². The summed E-state index contributed by atoms with van der Waals surface area (Å²) in [7, 11) is 0. The number of carbonyl (C=O) groups is 2. The first-order valence-electron chi connectivity index (χ1n) is 7.96. The van der Waals surface area contributed by atoms with E-state index in [1.54, 1.807) is 30.5 Å². The third kappa shape index (κ3) is 4.34. The van der Waals surface area contributed by atoms with Crippen molar-refractivity contribution in [3.63, 3.8) is 0 Å². The van der Waals surface area contributed by atoms with Crippen LogP contribution < -0.4 is 15.2 Å². The molecular formula is C19H16ClN2O4-. The van der Waals surface area contributed by atoms with Crippen molar-refractivity contribution in [1.29, 1.82) is 0 Å². The van der Waals surface area contributed by atoms with Crippen LogP contribution in [0, 0.1) is 0 Å². The minimum absolute atomic E-state index is 0.110. The van der Waals surface area contributed by atoms with Crippen LogP contribution in [0.25, 0.3) is 10.9 Å². The molecule has 2 aromatic carbocycles. The lowest BCUT2D eigenvalue weighted by Gasteiger charge is -2.19. The number of hydrogen-bond acceptors (Lipinski definition) is 4. The van der Waals surface area contributed by atoms with Crippen LogP contribution in [0.5, 0.6) is 5.75 Å². The molecule has 2 N–H and O–H groups in total. The molecule has 1 amide bonds. The molecule has 3 aromatic rings. The third-order valence-electron chi connectivity index (χ3n) is 3.90. The minimum Gasteiger partial charge on any atom is -0.548 e. The number of para-hydroxylation sites is 1. The van der Waals surface area contributed by atoms with Crippen LogP contribution in [-0.2, 0) is 16.0 Å². The maximum atomic E-state index is 12.0. The average molecular weight is 372 g/mol. The number of aromatic nitrogens is 1. The standard InChI is InChI=1S/C19H17ClN2O4/c20-13-5-7-14(8-6-13)26-11-18(23)22-17(19(24)25)9-12-10-21-16-4-2-1-3-15(12)16/h1-8,10,17,21H,9,11H2,(H,22,23)(H,24,25)/p-1/t17-/m1/s1. The topological polar surface area (TPSA) is 94.2 Å². The molecule has 26 heavy (non-hydrogen) atoms. The summed E-state index contributed by atoms with van der Waals surface area (Å²) < 4.78 is 5.32. The normalized spacial score (nSPS) is 11.9. The Balaban J connectivity index is 1.62. The lowest BCUT2D eigenvalue weighted by Crippen LogP contribution is -2.50. The number of amides is 1. The van der Waals surface area contributed by atoms with Crippen molar-refractivity contribution in [3.8, 4) is 5.75 Å². The molecule has 6 nitrogen and oxygen atoms in total. The molecule has 7 heteroatoms. The Kier molecular flexibility index (Phi) is 5.43. The Morgan fingerprint density at radius 2 is 1.88 bits per heavy atom. The lowest BCUT2D eigenvalue weighted by atomic mass is 10.1. The summed E-state index contributed by atoms with van der Waals surface area (Å²) in [4.78, 5) is 26.5. The molecule has 1 aromatic heterocycles. The summed E-state index contributed by atoms with van der Waals surface area (Å²) in [5.74, 6) is -1.43. The highest BCUT2D eigenvalue weighted by molar-refractivity contribution is 6.30. The van der Waals surface area contributed by atoms with Crippen LogP contribution in [-0.4, -0.2) is 29.5 Å². The molecule has 0 aliphatic carbocycles. The van der Waals surface area contributed by atoms with Crippen LogP contribution in [0.1, 0.15) is 5.56 Å². The van der Waals surface area contributed by atoms with E-state index in [0.717, 1.165) is 16.5 Å². The number of carbonyl (C=O) groups excluding carboxylic acids is 2. The zero-order valence-electron chi connectivity index (χ0n) is 13.7. The maximum absolute atomic E-state index is 12.0. The number of aliphatic carboxylic acids is 1. The molecular weight excluding hydrogens is 356 g/mol. The van der Waals surface area contributed by atoms with Gasteiger partial charge in [-0.05, 0) is 35.9 Å². The van der Waals surface area contributed by atoms with E-state index < -0.39 is 17.9 Å². The molecule has 1 atom stereocenters. The molecule has 0 unspecified atom stereocenters. The molecule has 134 valence electrons. The second kappa shape index (κ2) is 7.93. The SMILES string of the molecule is O=C(COc1ccc(Cl)cc1)N[C@H](Cc1c[nH]c2ccccc12)C(=O)[O-]. The number of hydrogen-bond donors (Lipinski definition) is 2. The zero-order chi connectivity index (χ0) is 18.5. The van der Waals surface area contributed by atoms with E-state index in [-0.39, 0.29) is 13.0 Å². The smallest absolute Gasteiger partial charge is 0.258 e. The monoisotopic (exact) mass is 371 g/mol.